The zero-order valence-corrected chi connectivity index (χ0v) is 19.5. The molecule has 36 heavy (non-hydrogen) atoms. The van der Waals surface area contributed by atoms with Crippen LogP contribution in [0.4, 0.5) is 29.6 Å². The van der Waals surface area contributed by atoms with Crippen molar-refractivity contribution in [1.29, 1.82) is 0 Å². The van der Waals surface area contributed by atoms with Gasteiger partial charge in [0.15, 0.2) is 11.6 Å². The number of methoxy groups -OCH3 is 1. The van der Waals surface area contributed by atoms with Crippen LogP contribution in [0.5, 0.6) is 0 Å². The van der Waals surface area contributed by atoms with Crippen LogP contribution in [0.25, 0.3) is 5.52 Å². The Labute approximate surface area is 203 Å². The van der Waals surface area contributed by atoms with Gasteiger partial charge in [0.05, 0.1) is 18.5 Å². The molecular weight excluding hydrogens is 479 g/mol. The molecular formula is C23H26F3N7O3. The van der Waals surface area contributed by atoms with Crippen molar-refractivity contribution >= 4 is 23.2 Å². The van der Waals surface area contributed by atoms with Crippen LogP contribution < -0.4 is 10.6 Å². The van der Waals surface area contributed by atoms with Crippen LogP contribution in [0.3, 0.4) is 0 Å². The molecule has 13 heteroatoms. The van der Waals surface area contributed by atoms with E-state index in [9.17, 15) is 13.6 Å². The van der Waals surface area contributed by atoms with Crippen molar-refractivity contribution in [2.75, 3.05) is 12.4 Å². The number of H-pyrrole nitrogens is 1. The van der Waals surface area contributed by atoms with Crippen LogP contribution in [-0.4, -0.2) is 55.8 Å². The first-order valence-electron chi connectivity index (χ1n) is 11.9. The number of ether oxygens (including phenoxy) is 2. The summed E-state index contributed by atoms with van der Waals surface area (Å²) in [5.41, 5.74) is 0.946. The molecule has 0 unspecified atom stereocenters. The molecule has 7 rings (SSSR count). The van der Waals surface area contributed by atoms with E-state index in [1.54, 1.807) is 12.1 Å². The number of halogens is 3. The first-order chi connectivity index (χ1) is 17.3. The third kappa shape index (κ3) is 4.04. The third-order valence-corrected chi connectivity index (χ3v) is 7.45. The first kappa shape index (κ1) is 23.1. The average molecular weight is 506 g/mol. The number of hydrogen-bond donors (Lipinski definition) is 3. The summed E-state index contributed by atoms with van der Waals surface area (Å²) in [5, 5.41) is 17.1. The van der Waals surface area contributed by atoms with Gasteiger partial charge in [-0.2, -0.15) is 10.2 Å². The first-order valence-corrected chi connectivity index (χ1v) is 11.9. The predicted molar refractivity (Wildman–Crippen MR) is 121 cm³/mol. The number of aromatic amines is 1. The van der Waals surface area contributed by atoms with E-state index in [4.69, 9.17) is 9.47 Å². The highest BCUT2D eigenvalue weighted by Crippen LogP contribution is 2.57. The van der Waals surface area contributed by atoms with Crippen molar-refractivity contribution in [3.05, 3.63) is 35.4 Å². The SMILES string of the molecule is COCc1cc2c(Nc3cc([C@H]4CC[C@@H](OC(=O)NC56CC(C5)C6)[C@@H]4F)[nH]n3)nc(C(F)F)cn2n1. The van der Waals surface area contributed by atoms with Gasteiger partial charge in [-0.1, -0.05) is 0 Å². The second kappa shape index (κ2) is 8.64. The van der Waals surface area contributed by atoms with Gasteiger partial charge in [0.1, 0.15) is 23.5 Å². The van der Waals surface area contributed by atoms with Crippen LogP contribution in [0.1, 0.15) is 61.5 Å². The van der Waals surface area contributed by atoms with Gasteiger partial charge in [0, 0.05) is 30.3 Å². The minimum atomic E-state index is -2.80. The molecule has 3 aromatic rings. The summed E-state index contributed by atoms with van der Waals surface area (Å²) in [7, 11) is 1.51. The van der Waals surface area contributed by atoms with Gasteiger partial charge in [0.25, 0.3) is 6.43 Å². The van der Waals surface area contributed by atoms with Gasteiger partial charge in [-0.05, 0) is 44.1 Å². The van der Waals surface area contributed by atoms with Gasteiger partial charge in [-0.3, -0.25) is 5.10 Å². The molecule has 0 aromatic carbocycles. The fourth-order valence-electron chi connectivity index (χ4n) is 5.58. The van der Waals surface area contributed by atoms with Gasteiger partial charge in [-0.15, -0.1) is 0 Å². The molecule has 10 nitrogen and oxygen atoms in total. The molecule has 4 saturated carbocycles. The van der Waals surface area contributed by atoms with Gasteiger partial charge >= 0.3 is 6.09 Å². The van der Waals surface area contributed by atoms with E-state index in [1.165, 1.54) is 11.6 Å². The maximum absolute atomic E-state index is 15.2. The molecule has 0 aliphatic heterocycles. The molecule has 4 aliphatic carbocycles. The highest BCUT2D eigenvalue weighted by Gasteiger charge is 2.58. The zero-order valence-electron chi connectivity index (χ0n) is 19.5. The molecule has 2 bridgehead atoms. The Hall–Kier alpha value is -3.35. The number of aromatic nitrogens is 5. The number of rotatable bonds is 8. The number of alkyl carbamates (subject to hydrolysis) is 1. The molecule has 192 valence electrons. The largest absolute Gasteiger partial charge is 0.443 e. The standard InChI is InChI=1S/C23H26F3N7O3/c1-35-10-12-4-16-21(27-15(20(25)26)9-33(16)32-12)28-18-5-14(30-31-18)13-2-3-17(19(13)24)36-22(34)29-23-6-11(7-23)8-23/h4-5,9,11,13,17,19-20H,2-3,6-8,10H2,1H3,(H,29,34)(H2,27,28,30,31)/t11?,13-,17-,19-,23?/m1/s1. The topological polar surface area (TPSA) is 118 Å². The molecule has 0 spiro atoms. The number of fused-ring (bicyclic) bond motifs is 1. The highest BCUT2D eigenvalue weighted by molar-refractivity contribution is 5.73. The summed E-state index contributed by atoms with van der Waals surface area (Å²) < 4.78 is 53.8. The van der Waals surface area contributed by atoms with E-state index in [0.29, 0.717) is 41.5 Å². The third-order valence-electron chi connectivity index (χ3n) is 7.45. The minimum Gasteiger partial charge on any atom is -0.443 e. The normalized spacial score (nSPS) is 28.7. The second-order valence-corrected chi connectivity index (χ2v) is 10.0. The lowest BCUT2D eigenvalue weighted by Crippen LogP contribution is -2.68. The monoisotopic (exact) mass is 505 g/mol. The molecule has 3 aromatic heterocycles. The molecule has 4 fully saturated rings. The lowest BCUT2D eigenvalue weighted by Gasteiger charge is -2.61. The van der Waals surface area contributed by atoms with Crippen molar-refractivity contribution in [2.45, 2.75) is 68.9 Å². The maximum atomic E-state index is 15.2. The molecule has 1 amide bonds. The van der Waals surface area contributed by atoms with E-state index in [-0.39, 0.29) is 18.0 Å². The van der Waals surface area contributed by atoms with Crippen molar-refractivity contribution in [3.63, 3.8) is 0 Å². The fraction of sp³-hybridized carbons (Fsp3) is 0.565. The van der Waals surface area contributed by atoms with E-state index in [2.05, 4.69) is 30.9 Å². The predicted octanol–water partition coefficient (Wildman–Crippen LogP) is 4.14. The Kier molecular flexibility index (Phi) is 5.54. The van der Waals surface area contributed by atoms with Gasteiger partial charge in [0.2, 0.25) is 0 Å². The Balaban J connectivity index is 1.15. The van der Waals surface area contributed by atoms with Crippen LogP contribution in [0.2, 0.25) is 0 Å². The zero-order chi connectivity index (χ0) is 25.0. The molecule has 3 N–H and O–H groups in total. The summed E-state index contributed by atoms with van der Waals surface area (Å²) >= 11 is 0. The smallest absolute Gasteiger partial charge is 0.407 e. The Morgan fingerprint density at radius 1 is 1.31 bits per heavy atom. The maximum Gasteiger partial charge on any atom is 0.407 e. The number of carbonyl (C=O) groups excluding carboxylic acids is 1. The fourth-order valence-corrected chi connectivity index (χ4v) is 5.58. The number of anilines is 2. The van der Waals surface area contributed by atoms with Crippen molar-refractivity contribution in [1.82, 2.24) is 30.1 Å². The van der Waals surface area contributed by atoms with Crippen LogP contribution in [0.15, 0.2) is 18.3 Å². The summed E-state index contributed by atoms with van der Waals surface area (Å²) in [5.74, 6) is 0.599. The summed E-state index contributed by atoms with van der Waals surface area (Å²) in [6.45, 7) is 0.208. The molecule has 3 atom stereocenters. The molecule has 3 heterocycles. The average Bonchev–Trinajstić information content (AvgIpc) is 3.49. The number of amides is 1. The van der Waals surface area contributed by atoms with E-state index >= 15 is 4.39 Å². The lowest BCUT2D eigenvalue weighted by atomic mass is 9.50. The number of hydrogen-bond acceptors (Lipinski definition) is 7. The highest BCUT2D eigenvalue weighted by atomic mass is 19.3. The van der Waals surface area contributed by atoms with E-state index in [0.717, 1.165) is 25.5 Å². The van der Waals surface area contributed by atoms with Gasteiger partial charge in [-0.25, -0.2) is 27.5 Å². The van der Waals surface area contributed by atoms with Crippen LogP contribution in [-0.2, 0) is 16.1 Å². The second-order valence-electron chi connectivity index (χ2n) is 10.0. The molecule has 0 saturated heterocycles. The molecule has 4 aliphatic rings. The summed E-state index contributed by atoms with van der Waals surface area (Å²) in [6.07, 6.45) is -0.616. The number of nitrogens with one attached hydrogen (secondary N) is 3. The van der Waals surface area contributed by atoms with E-state index < -0.39 is 36.4 Å². The number of carbonyl (C=O) groups is 1. The van der Waals surface area contributed by atoms with Crippen molar-refractivity contribution < 1.29 is 27.4 Å². The minimum absolute atomic E-state index is 0.129. The van der Waals surface area contributed by atoms with Crippen LogP contribution >= 0.6 is 0 Å². The summed E-state index contributed by atoms with van der Waals surface area (Å²) in [6, 6.07) is 3.29. The summed E-state index contributed by atoms with van der Waals surface area (Å²) in [4.78, 5) is 16.3. The van der Waals surface area contributed by atoms with Crippen molar-refractivity contribution in [3.8, 4) is 0 Å². The van der Waals surface area contributed by atoms with Gasteiger partial charge < -0.3 is 20.1 Å². The number of alkyl halides is 3. The number of nitrogens with zero attached hydrogens (tertiary/aromatic N) is 4. The molecule has 0 radical (unpaired) electrons. The van der Waals surface area contributed by atoms with Crippen molar-refractivity contribution in [2.24, 2.45) is 5.92 Å². The Morgan fingerprint density at radius 2 is 2.11 bits per heavy atom. The quantitative estimate of drug-likeness (QED) is 0.421. The Bertz CT molecular complexity index is 1280. The van der Waals surface area contributed by atoms with Crippen LogP contribution in [0, 0.1) is 5.92 Å². The van der Waals surface area contributed by atoms with E-state index in [1.807, 2.05) is 0 Å². The Morgan fingerprint density at radius 3 is 2.81 bits per heavy atom. The lowest BCUT2D eigenvalue weighted by molar-refractivity contribution is -0.0532.